The first-order valence-electron chi connectivity index (χ1n) is 12.3. The molecule has 1 saturated carbocycles. The SMILES string of the molecule is CC(=O)OC[C@H]1O[C@@H](c2ccc(Cl)c(C=C3CCCCC3)c2)[C@H](OC(C)=O)[C@@H](OC(C)=O)[C@@H]1OC(C)=O. The van der Waals surface area contributed by atoms with Crippen molar-refractivity contribution in [1.29, 1.82) is 0 Å². The van der Waals surface area contributed by atoms with Gasteiger partial charge in [-0.05, 0) is 48.9 Å². The molecule has 3 rings (SSSR count). The van der Waals surface area contributed by atoms with Gasteiger partial charge in [0.1, 0.15) is 18.8 Å². The fraction of sp³-hybridized carbons (Fsp3) is 0.556. The second kappa shape index (κ2) is 13.1. The summed E-state index contributed by atoms with van der Waals surface area (Å²) in [5, 5.41) is 0.549. The van der Waals surface area contributed by atoms with Crippen molar-refractivity contribution in [3.05, 3.63) is 39.9 Å². The molecule has 1 aliphatic carbocycles. The van der Waals surface area contributed by atoms with Gasteiger partial charge in [0.2, 0.25) is 0 Å². The molecule has 0 unspecified atom stereocenters. The molecule has 1 aromatic rings. The summed E-state index contributed by atoms with van der Waals surface area (Å²) in [6.45, 7) is 4.55. The molecule has 202 valence electrons. The van der Waals surface area contributed by atoms with E-state index < -0.39 is 54.4 Å². The maximum Gasteiger partial charge on any atom is 0.303 e. The summed E-state index contributed by atoms with van der Waals surface area (Å²) in [5.74, 6) is -2.56. The summed E-state index contributed by atoms with van der Waals surface area (Å²) in [4.78, 5) is 47.6. The Morgan fingerprint density at radius 1 is 0.865 bits per heavy atom. The number of carbonyl (C=O) groups excluding carboxylic acids is 4. The first kappa shape index (κ1) is 28.7. The Hall–Kier alpha value is -2.91. The van der Waals surface area contributed by atoms with Crippen LogP contribution in [0.25, 0.3) is 6.08 Å². The number of benzene rings is 1. The molecule has 1 aromatic carbocycles. The third kappa shape index (κ3) is 8.04. The van der Waals surface area contributed by atoms with Crippen LogP contribution < -0.4 is 0 Å². The van der Waals surface area contributed by atoms with Gasteiger partial charge in [0.05, 0.1) is 0 Å². The quantitative estimate of drug-likeness (QED) is 0.367. The summed E-state index contributed by atoms with van der Waals surface area (Å²) < 4.78 is 28.0. The molecule has 2 fully saturated rings. The predicted molar refractivity (Wildman–Crippen MR) is 133 cm³/mol. The van der Waals surface area contributed by atoms with Gasteiger partial charge in [-0.1, -0.05) is 35.7 Å². The van der Waals surface area contributed by atoms with E-state index in [1.165, 1.54) is 39.7 Å². The van der Waals surface area contributed by atoms with E-state index in [1.807, 2.05) is 6.07 Å². The lowest BCUT2D eigenvalue weighted by atomic mass is 9.89. The monoisotopic (exact) mass is 536 g/mol. The number of hydrogen-bond donors (Lipinski definition) is 0. The van der Waals surface area contributed by atoms with Crippen molar-refractivity contribution in [2.45, 2.75) is 90.3 Å². The average Bonchev–Trinajstić information content (AvgIpc) is 2.82. The van der Waals surface area contributed by atoms with Gasteiger partial charge in [0.15, 0.2) is 18.3 Å². The highest BCUT2D eigenvalue weighted by Crippen LogP contribution is 2.39. The third-order valence-electron chi connectivity index (χ3n) is 6.19. The third-order valence-corrected chi connectivity index (χ3v) is 6.54. The highest BCUT2D eigenvalue weighted by molar-refractivity contribution is 6.32. The molecule has 0 bridgehead atoms. The largest absolute Gasteiger partial charge is 0.463 e. The number of halogens is 1. The number of ether oxygens (including phenoxy) is 5. The van der Waals surface area contributed by atoms with Crippen molar-refractivity contribution in [2.75, 3.05) is 6.61 Å². The number of allylic oxidation sites excluding steroid dienone is 1. The maximum absolute atomic E-state index is 12.1. The highest BCUT2D eigenvalue weighted by atomic mass is 35.5. The van der Waals surface area contributed by atoms with Crippen LogP contribution in [0.4, 0.5) is 0 Å². The summed E-state index contributed by atoms with van der Waals surface area (Å²) >= 11 is 6.51. The lowest BCUT2D eigenvalue weighted by Crippen LogP contribution is -2.59. The van der Waals surface area contributed by atoms with Crippen LogP contribution in [0.15, 0.2) is 23.8 Å². The van der Waals surface area contributed by atoms with E-state index >= 15 is 0 Å². The van der Waals surface area contributed by atoms with Crippen LogP contribution >= 0.6 is 11.6 Å². The smallest absolute Gasteiger partial charge is 0.303 e. The standard InChI is InChI=1S/C27H33ClO9/c1-15(29)33-14-23-25(34-16(2)30)27(36-18(4)32)26(35-17(3)31)24(37-23)20-10-11-22(28)21(13-20)12-19-8-6-5-7-9-19/h10-13,23-27H,5-9,14H2,1-4H3/t23-,24+,25-,26+,27+/m1/s1. The van der Waals surface area contributed by atoms with Crippen LogP contribution in [0.2, 0.25) is 5.02 Å². The van der Waals surface area contributed by atoms with Crippen LogP contribution in [-0.4, -0.2) is 54.9 Å². The van der Waals surface area contributed by atoms with Gasteiger partial charge < -0.3 is 23.7 Å². The summed E-state index contributed by atoms with van der Waals surface area (Å²) in [7, 11) is 0. The van der Waals surface area contributed by atoms with Gasteiger partial charge in [-0.2, -0.15) is 0 Å². The number of esters is 4. The molecule has 10 heteroatoms. The highest BCUT2D eigenvalue weighted by Gasteiger charge is 2.52. The van der Waals surface area contributed by atoms with Crippen LogP contribution in [0.1, 0.15) is 77.0 Å². The zero-order valence-electron chi connectivity index (χ0n) is 21.5. The minimum Gasteiger partial charge on any atom is -0.463 e. The Balaban J connectivity index is 2.07. The molecule has 2 aliphatic rings. The lowest BCUT2D eigenvalue weighted by Gasteiger charge is -2.44. The van der Waals surface area contributed by atoms with Crippen molar-refractivity contribution < 1.29 is 42.9 Å². The molecule has 37 heavy (non-hydrogen) atoms. The van der Waals surface area contributed by atoms with Crippen molar-refractivity contribution >= 4 is 41.6 Å². The zero-order chi connectivity index (χ0) is 27.1. The molecular formula is C27H33ClO9. The first-order valence-corrected chi connectivity index (χ1v) is 12.7. The molecule has 1 aliphatic heterocycles. The second-order valence-electron chi connectivity index (χ2n) is 9.26. The van der Waals surface area contributed by atoms with Crippen LogP contribution in [0, 0.1) is 0 Å². The molecular weight excluding hydrogens is 504 g/mol. The number of carbonyl (C=O) groups is 4. The van der Waals surface area contributed by atoms with E-state index in [0.29, 0.717) is 10.6 Å². The normalized spacial score (nSPS) is 25.5. The molecule has 0 aromatic heterocycles. The fourth-order valence-electron chi connectivity index (χ4n) is 4.72. The summed E-state index contributed by atoms with van der Waals surface area (Å²) in [5.41, 5.74) is 2.68. The van der Waals surface area contributed by atoms with Gasteiger partial charge in [-0.3, -0.25) is 19.2 Å². The first-order chi connectivity index (χ1) is 17.5. The topological polar surface area (TPSA) is 114 Å². The Morgan fingerprint density at radius 2 is 1.46 bits per heavy atom. The van der Waals surface area contributed by atoms with Crippen LogP contribution in [0.5, 0.6) is 0 Å². The molecule has 0 spiro atoms. The fourth-order valence-corrected chi connectivity index (χ4v) is 4.89. The summed E-state index contributed by atoms with van der Waals surface area (Å²) in [6.07, 6.45) is 2.00. The van der Waals surface area contributed by atoms with E-state index in [9.17, 15) is 19.2 Å². The molecule has 1 heterocycles. The average molecular weight is 537 g/mol. The molecule has 1 saturated heterocycles. The predicted octanol–water partition coefficient (Wildman–Crippen LogP) is 4.49. The number of rotatable bonds is 7. The zero-order valence-corrected chi connectivity index (χ0v) is 22.2. The molecule has 9 nitrogen and oxygen atoms in total. The Bertz CT molecular complexity index is 1040. The maximum atomic E-state index is 12.1. The van der Waals surface area contributed by atoms with Crippen LogP contribution in [-0.2, 0) is 42.9 Å². The Labute approximate surface area is 221 Å². The van der Waals surface area contributed by atoms with Crippen molar-refractivity contribution in [3.63, 3.8) is 0 Å². The molecule has 5 atom stereocenters. The Morgan fingerprint density at radius 3 is 2.05 bits per heavy atom. The molecule has 0 radical (unpaired) electrons. The van der Waals surface area contributed by atoms with Gasteiger partial charge in [0.25, 0.3) is 0 Å². The minimum atomic E-state index is -1.22. The van der Waals surface area contributed by atoms with E-state index in [-0.39, 0.29) is 6.61 Å². The van der Waals surface area contributed by atoms with Gasteiger partial charge in [0, 0.05) is 32.7 Å². The Kier molecular flexibility index (Phi) is 10.1. The van der Waals surface area contributed by atoms with Gasteiger partial charge in [-0.25, -0.2) is 0 Å². The molecule has 0 amide bonds. The minimum absolute atomic E-state index is 0.279. The van der Waals surface area contributed by atoms with E-state index in [0.717, 1.165) is 31.2 Å². The van der Waals surface area contributed by atoms with Crippen molar-refractivity contribution in [1.82, 2.24) is 0 Å². The molecule has 0 N–H and O–H groups in total. The van der Waals surface area contributed by atoms with E-state index in [4.69, 9.17) is 35.3 Å². The van der Waals surface area contributed by atoms with Crippen molar-refractivity contribution in [2.24, 2.45) is 0 Å². The van der Waals surface area contributed by atoms with Gasteiger partial charge in [-0.15, -0.1) is 0 Å². The summed E-state index contributed by atoms with van der Waals surface area (Å²) in [6, 6.07) is 5.29. The number of hydrogen-bond acceptors (Lipinski definition) is 9. The lowest BCUT2D eigenvalue weighted by molar-refractivity contribution is -0.254. The van der Waals surface area contributed by atoms with Crippen LogP contribution in [0.3, 0.4) is 0 Å². The van der Waals surface area contributed by atoms with E-state index in [2.05, 4.69) is 6.08 Å². The second-order valence-corrected chi connectivity index (χ2v) is 9.67. The van der Waals surface area contributed by atoms with Crippen molar-refractivity contribution in [3.8, 4) is 0 Å². The van der Waals surface area contributed by atoms with Gasteiger partial charge >= 0.3 is 23.9 Å². The van der Waals surface area contributed by atoms with E-state index in [1.54, 1.807) is 12.1 Å².